The van der Waals surface area contributed by atoms with Crippen LogP contribution >= 0.6 is 0 Å². The molecule has 0 saturated heterocycles. The van der Waals surface area contributed by atoms with E-state index in [9.17, 15) is 14.0 Å². The quantitative estimate of drug-likeness (QED) is 0.388. The van der Waals surface area contributed by atoms with Gasteiger partial charge in [-0.15, -0.1) is 0 Å². The highest BCUT2D eigenvalue weighted by Gasteiger charge is 2.27. The summed E-state index contributed by atoms with van der Waals surface area (Å²) in [6.07, 6.45) is 3.33. The van der Waals surface area contributed by atoms with Crippen molar-refractivity contribution in [3.8, 4) is 0 Å². The van der Waals surface area contributed by atoms with Gasteiger partial charge in [0.25, 0.3) is 5.91 Å². The number of hydrogen-bond donors (Lipinski definition) is 1. The highest BCUT2D eigenvalue weighted by Crippen LogP contribution is 2.32. The smallest absolute Gasteiger partial charge is 0.292 e. The minimum Gasteiger partial charge on any atom is -0.449 e. The van der Waals surface area contributed by atoms with Gasteiger partial charge < -0.3 is 19.4 Å². The van der Waals surface area contributed by atoms with E-state index >= 15 is 0 Å². The normalized spacial score (nSPS) is 10.9. The minimum atomic E-state index is -0.420. The molecule has 0 aliphatic heterocycles. The number of ether oxygens (including phenoxy) is 1. The zero-order valence-electron chi connectivity index (χ0n) is 18.7. The van der Waals surface area contributed by atoms with Crippen molar-refractivity contribution in [3.63, 3.8) is 0 Å². The van der Waals surface area contributed by atoms with Crippen molar-refractivity contribution >= 4 is 28.5 Å². The number of para-hydroxylation sites is 1. The molecule has 7 nitrogen and oxygen atoms in total. The third kappa shape index (κ3) is 5.47. The molecule has 0 radical (unpaired) electrons. The van der Waals surface area contributed by atoms with Gasteiger partial charge in [0.2, 0.25) is 11.7 Å². The third-order valence-corrected chi connectivity index (χ3v) is 5.16. The zero-order valence-corrected chi connectivity index (χ0v) is 18.7. The number of amides is 2. The lowest BCUT2D eigenvalue weighted by molar-refractivity contribution is -0.120. The fourth-order valence-corrected chi connectivity index (χ4v) is 3.56. The van der Waals surface area contributed by atoms with Crippen LogP contribution in [0.3, 0.4) is 0 Å². The summed E-state index contributed by atoms with van der Waals surface area (Å²) < 4.78 is 24.5. The molecule has 174 valence electrons. The summed E-state index contributed by atoms with van der Waals surface area (Å²) in [4.78, 5) is 31.9. The lowest BCUT2D eigenvalue weighted by Gasteiger charge is -2.22. The molecule has 0 spiro atoms. The molecule has 4 rings (SSSR count). The van der Waals surface area contributed by atoms with E-state index in [1.165, 1.54) is 12.1 Å². The van der Waals surface area contributed by atoms with Crippen molar-refractivity contribution in [2.24, 2.45) is 0 Å². The summed E-state index contributed by atoms with van der Waals surface area (Å²) in [7, 11) is 0. The van der Waals surface area contributed by atoms with Crippen LogP contribution in [0.5, 0.6) is 0 Å². The van der Waals surface area contributed by atoms with E-state index < -0.39 is 5.91 Å². The maximum atomic E-state index is 13.8. The number of rotatable bonds is 9. The molecule has 0 saturated carbocycles. The van der Waals surface area contributed by atoms with Crippen LogP contribution in [0.4, 0.5) is 10.1 Å². The molecule has 0 fully saturated rings. The molecule has 0 atom stereocenters. The standard InChI is InChI=1S/C26H24FN3O4/c1-2-33-17-23(31)29-24-21-7-3-4-8-22(21)34-25(24)26(32)30(16-19-6-5-13-28-14-19)15-18-9-11-20(27)12-10-18/h3-14H,2,15-17H2,1H3,(H,29,31). The van der Waals surface area contributed by atoms with E-state index in [4.69, 9.17) is 9.15 Å². The monoisotopic (exact) mass is 461 g/mol. The average Bonchev–Trinajstić information content (AvgIpc) is 3.22. The number of benzene rings is 2. The number of fused-ring (bicyclic) bond motifs is 1. The largest absolute Gasteiger partial charge is 0.449 e. The molecule has 2 aromatic heterocycles. The Labute approximate surface area is 196 Å². The molecule has 0 unspecified atom stereocenters. The molecule has 4 aromatic rings. The van der Waals surface area contributed by atoms with Crippen molar-refractivity contribution in [2.45, 2.75) is 20.0 Å². The van der Waals surface area contributed by atoms with Crippen LogP contribution in [0.2, 0.25) is 0 Å². The topological polar surface area (TPSA) is 84.7 Å². The fourth-order valence-electron chi connectivity index (χ4n) is 3.56. The lowest BCUT2D eigenvalue weighted by atomic mass is 10.1. The van der Waals surface area contributed by atoms with Crippen LogP contribution in [0.1, 0.15) is 28.6 Å². The first kappa shape index (κ1) is 23.1. The second-order valence-corrected chi connectivity index (χ2v) is 7.64. The summed E-state index contributed by atoms with van der Waals surface area (Å²) in [6.45, 7) is 2.49. The van der Waals surface area contributed by atoms with Gasteiger partial charge in [-0.05, 0) is 48.4 Å². The highest BCUT2D eigenvalue weighted by molar-refractivity contribution is 6.11. The minimum absolute atomic E-state index is 0.0112. The van der Waals surface area contributed by atoms with Crippen molar-refractivity contribution in [2.75, 3.05) is 18.5 Å². The Morgan fingerprint density at radius 1 is 1.03 bits per heavy atom. The van der Waals surface area contributed by atoms with Crippen molar-refractivity contribution in [3.05, 3.63) is 95.8 Å². The molecule has 1 N–H and O–H groups in total. The second-order valence-electron chi connectivity index (χ2n) is 7.64. The number of furan rings is 1. The Morgan fingerprint density at radius 2 is 1.79 bits per heavy atom. The Kier molecular flexibility index (Phi) is 7.29. The number of carbonyl (C=O) groups is 2. The van der Waals surface area contributed by atoms with Crippen LogP contribution in [-0.2, 0) is 22.6 Å². The number of pyridine rings is 1. The van der Waals surface area contributed by atoms with Gasteiger partial charge in [0, 0.05) is 37.5 Å². The van der Waals surface area contributed by atoms with Crippen molar-refractivity contribution < 1.29 is 23.1 Å². The van der Waals surface area contributed by atoms with Crippen LogP contribution in [-0.4, -0.2) is 34.9 Å². The predicted molar refractivity (Wildman–Crippen MR) is 126 cm³/mol. The second kappa shape index (κ2) is 10.7. The van der Waals surface area contributed by atoms with E-state index in [2.05, 4.69) is 10.3 Å². The Hall–Kier alpha value is -4.04. The molecule has 0 bridgehead atoms. The van der Waals surface area contributed by atoms with E-state index in [0.29, 0.717) is 23.3 Å². The zero-order chi connectivity index (χ0) is 23.9. The molecular formula is C26H24FN3O4. The first-order chi connectivity index (χ1) is 16.5. The molecular weight excluding hydrogens is 437 g/mol. The molecule has 0 aliphatic carbocycles. The lowest BCUT2D eigenvalue weighted by Crippen LogP contribution is -2.31. The van der Waals surface area contributed by atoms with E-state index in [1.807, 2.05) is 6.07 Å². The van der Waals surface area contributed by atoms with Gasteiger partial charge in [-0.3, -0.25) is 14.6 Å². The van der Waals surface area contributed by atoms with Crippen LogP contribution in [0.25, 0.3) is 11.0 Å². The number of aromatic nitrogens is 1. The number of nitrogens with one attached hydrogen (secondary N) is 1. The van der Waals surface area contributed by atoms with Gasteiger partial charge in [0.05, 0.1) is 0 Å². The molecule has 8 heteroatoms. The Morgan fingerprint density at radius 3 is 2.53 bits per heavy atom. The Balaban J connectivity index is 1.70. The van der Waals surface area contributed by atoms with E-state index in [0.717, 1.165) is 11.1 Å². The van der Waals surface area contributed by atoms with Crippen LogP contribution in [0, 0.1) is 5.82 Å². The maximum absolute atomic E-state index is 13.8. The molecule has 2 heterocycles. The number of nitrogens with zero attached hydrogens (tertiary/aromatic N) is 2. The van der Waals surface area contributed by atoms with Crippen LogP contribution in [0.15, 0.2) is 77.5 Å². The molecule has 2 amide bonds. The van der Waals surface area contributed by atoms with Gasteiger partial charge in [-0.25, -0.2) is 4.39 Å². The SMILES string of the molecule is CCOCC(=O)Nc1c(C(=O)N(Cc2ccc(F)cc2)Cc2cccnc2)oc2ccccc12. The summed E-state index contributed by atoms with van der Waals surface area (Å²) in [6, 6.07) is 16.7. The van der Waals surface area contributed by atoms with Gasteiger partial charge in [0.15, 0.2) is 0 Å². The first-order valence-corrected chi connectivity index (χ1v) is 10.9. The predicted octanol–water partition coefficient (Wildman–Crippen LogP) is 4.78. The number of carbonyl (C=O) groups excluding carboxylic acids is 2. The highest BCUT2D eigenvalue weighted by atomic mass is 19.1. The summed E-state index contributed by atoms with van der Waals surface area (Å²) in [5.74, 6) is -1.15. The summed E-state index contributed by atoms with van der Waals surface area (Å²) >= 11 is 0. The molecule has 0 aliphatic rings. The maximum Gasteiger partial charge on any atom is 0.292 e. The number of anilines is 1. The van der Waals surface area contributed by atoms with Gasteiger partial charge >= 0.3 is 0 Å². The van der Waals surface area contributed by atoms with Crippen molar-refractivity contribution in [1.82, 2.24) is 9.88 Å². The Bertz CT molecular complexity index is 1270. The van der Waals surface area contributed by atoms with Crippen LogP contribution < -0.4 is 5.32 Å². The summed E-state index contributed by atoms with van der Waals surface area (Å²) in [5, 5.41) is 3.38. The first-order valence-electron chi connectivity index (χ1n) is 10.9. The number of hydrogen-bond acceptors (Lipinski definition) is 5. The van der Waals surface area contributed by atoms with Crippen molar-refractivity contribution in [1.29, 1.82) is 0 Å². The fraction of sp³-hybridized carbons (Fsp3) is 0.192. The average molecular weight is 461 g/mol. The summed E-state index contributed by atoms with van der Waals surface area (Å²) in [5.41, 5.74) is 2.33. The van der Waals surface area contributed by atoms with E-state index in [-0.39, 0.29) is 37.2 Å². The van der Waals surface area contributed by atoms with Gasteiger partial charge in [0.1, 0.15) is 23.7 Å². The molecule has 2 aromatic carbocycles. The van der Waals surface area contributed by atoms with Gasteiger partial charge in [-0.1, -0.05) is 30.3 Å². The number of halogens is 1. The molecule has 34 heavy (non-hydrogen) atoms. The third-order valence-electron chi connectivity index (χ3n) is 5.16. The van der Waals surface area contributed by atoms with Gasteiger partial charge in [-0.2, -0.15) is 0 Å². The van der Waals surface area contributed by atoms with E-state index in [1.54, 1.807) is 66.7 Å².